The molecule has 0 aliphatic heterocycles. The average Bonchev–Trinajstić information content (AvgIpc) is 2.92. The lowest BCUT2D eigenvalue weighted by atomic mass is 10.1. The van der Waals surface area contributed by atoms with Crippen molar-refractivity contribution in [2.24, 2.45) is 0 Å². The molecule has 0 saturated heterocycles. The first-order valence-corrected chi connectivity index (χ1v) is 7.70. The quantitative estimate of drug-likeness (QED) is 0.818. The van der Waals surface area contributed by atoms with E-state index in [4.69, 9.17) is 5.11 Å². The Morgan fingerprint density at radius 3 is 2.57 bits per heavy atom. The number of rotatable bonds is 6. The fraction of sp³-hybridized carbons (Fsp3) is 0.235. The normalized spacial score (nSPS) is 11.0. The predicted molar refractivity (Wildman–Crippen MR) is 88.9 cm³/mol. The van der Waals surface area contributed by atoms with Crippen molar-refractivity contribution < 1.29 is 9.90 Å². The van der Waals surface area contributed by atoms with Crippen molar-refractivity contribution in [1.29, 1.82) is 0 Å². The smallest absolute Gasteiger partial charge is 0.328 e. The van der Waals surface area contributed by atoms with Crippen LogP contribution in [-0.2, 0) is 17.8 Å². The van der Waals surface area contributed by atoms with Gasteiger partial charge in [-0.15, -0.1) is 11.3 Å². The first kappa shape index (κ1) is 15.3. The van der Waals surface area contributed by atoms with Crippen molar-refractivity contribution in [2.75, 3.05) is 11.9 Å². The molecule has 0 spiro atoms. The van der Waals surface area contributed by atoms with Crippen molar-refractivity contribution in [2.45, 2.75) is 19.9 Å². The monoisotopic (exact) mass is 301 g/mol. The third-order valence-corrected chi connectivity index (χ3v) is 4.29. The maximum absolute atomic E-state index is 10.5. The Morgan fingerprint density at radius 2 is 1.95 bits per heavy atom. The van der Waals surface area contributed by atoms with Gasteiger partial charge in [-0.25, -0.2) is 4.79 Å². The van der Waals surface area contributed by atoms with E-state index in [9.17, 15) is 4.79 Å². The maximum atomic E-state index is 10.5. The summed E-state index contributed by atoms with van der Waals surface area (Å²) in [5.41, 5.74) is 2.52. The van der Waals surface area contributed by atoms with Gasteiger partial charge in [0.05, 0.1) is 6.54 Å². The number of aliphatic carboxylic acids is 1. The molecule has 1 aromatic carbocycles. The lowest BCUT2D eigenvalue weighted by Gasteiger charge is -2.18. The summed E-state index contributed by atoms with van der Waals surface area (Å²) in [7, 11) is 2.06. The minimum Gasteiger partial charge on any atom is -0.478 e. The number of hydrogen-bond acceptors (Lipinski definition) is 3. The van der Waals surface area contributed by atoms with Crippen LogP contribution in [0.4, 0.5) is 5.69 Å². The first-order valence-electron chi connectivity index (χ1n) is 6.88. The number of carboxylic acid groups (broad SMARTS) is 1. The predicted octanol–water partition coefficient (Wildman–Crippen LogP) is 4.04. The highest BCUT2D eigenvalue weighted by Crippen LogP contribution is 2.22. The lowest BCUT2D eigenvalue weighted by Crippen LogP contribution is -2.15. The van der Waals surface area contributed by atoms with Gasteiger partial charge in [0.15, 0.2) is 0 Å². The van der Waals surface area contributed by atoms with Crippen LogP contribution in [0.3, 0.4) is 0 Å². The number of benzene rings is 1. The Bertz CT molecular complexity index is 628. The minimum atomic E-state index is -0.918. The van der Waals surface area contributed by atoms with E-state index in [1.54, 1.807) is 17.4 Å². The Kier molecular flexibility index (Phi) is 5.17. The van der Waals surface area contributed by atoms with E-state index in [0.29, 0.717) is 0 Å². The SMILES string of the molecule is CCc1ccc(N(C)Cc2ccc(C=CC(=O)O)s2)cc1. The number of thiophene rings is 1. The summed E-state index contributed by atoms with van der Waals surface area (Å²) in [6.45, 7) is 2.97. The summed E-state index contributed by atoms with van der Waals surface area (Å²) >= 11 is 1.61. The standard InChI is InChI=1S/C17H19NO2S/c1-3-13-4-6-14(7-5-13)18(2)12-16-9-8-15(21-16)10-11-17(19)20/h4-11H,3,12H2,1-2H3,(H,19,20). The van der Waals surface area contributed by atoms with E-state index in [1.165, 1.54) is 22.2 Å². The maximum Gasteiger partial charge on any atom is 0.328 e. The van der Waals surface area contributed by atoms with E-state index in [2.05, 4.69) is 43.1 Å². The lowest BCUT2D eigenvalue weighted by molar-refractivity contribution is -0.131. The van der Waals surface area contributed by atoms with Crippen LogP contribution in [0.15, 0.2) is 42.5 Å². The number of carboxylic acids is 1. The molecule has 0 unspecified atom stereocenters. The molecule has 0 radical (unpaired) electrons. The molecule has 1 aromatic heterocycles. The molecule has 3 nitrogen and oxygen atoms in total. The second-order valence-electron chi connectivity index (χ2n) is 4.85. The average molecular weight is 301 g/mol. The zero-order valence-corrected chi connectivity index (χ0v) is 13.1. The molecular formula is C17H19NO2S. The summed E-state index contributed by atoms with van der Waals surface area (Å²) in [5, 5.41) is 8.63. The molecule has 0 aliphatic rings. The first-order chi connectivity index (χ1) is 10.1. The van der Waals surface area contributed by atoms with Crippen LogP contribution in [0.25, 0.3) is 6.08 Å². The number of hydrogen-bond donors (Lipinski definition) is 1. The highest BCUT2D eigenvalue weighted by Gasteiger charge is 2.04. The zero-order valence-electron chi connectivity index (χ0n) is 12.2. The highest BCUT2D eigenvalue weighted by molar-refractivity contribution is 7.12. The molecule has 21 heavy (non-hydrogen) atoms. The van der Waals surface area contributed by atoms with Crippen LogP contribution in [0.2, 0.25) is 0 Å². The van der Waals surface area contributed by atoms with E-state index in [1.807, 2.05) is 12.1 Å². The van der Waals surface area contributed by atoms with Gasteiger partial charge < -0.3 is 10.0 Å². The number of aryl methyl sites for hydroxylation is 1. The van der Waals surface area contributed by atoms with Crippen LogP contribution < -0.4 is 4.90 Å². The number of nitrogens with zero attached hydrogens (tertiary/aromatic N) is 1. The molecule has 0 bridgehead atoms. The third-order valence-electron chi connectivity index (χ3n) is 3.25. The van der Waals surface area contributed by atoms with Gasteiger partial charge in [0, 0.05) is 28.6 Å². The Balaban J connectivity index is 2.01. The van der Waals surface area contributed by atoms with Gasteiger partial charge in [-0.1, -0.05) is 19.1 Å². The zero-order chi connectivity index (χ0) is 15.2. The molecule has 2 rings (SSSR count). The van der Waals surface area contributed by atoms with Crippen molar-refractivity contribution in [3.8, 4) is 0 Å². The molecular weight excluding hydrogens is 282 g/mol. The van der Waals surface area contributed by atoms with Gasteiger partial charge in [-0.05, 0) is 42.3 Å². The van der Waals surface area contributed by atoms with Gasteiger partial charge in [0.25, 0.3) is 0 Å². The van der Waals surface area contributed by atoms with Crippen LogP contribution in [0, 0.1) is 0 Å². The largest absolute Gasteiger partial charge is 0.478 e. The Morgan fingerprint density at radius 1 is 1.24 bits per heavy atom. The van der Waals surface area contributed by atoms with Gasteiger partial charge in [-0.2, -0.15) is 0 Å². The Labute approximate surface area is 129 Å². The second-order valence-corrected chi connectivity index (χ2v) is 6.05. The van der Waals surface area contributed by atoms with Gasteiger partial charge in [-0.3, -0.25) is 0 Å². The molecule has 1 N–H and O–H groups in total. The van der Waals surface area contributed by atoms with Crippen molar-refractivity contribution in [3.63, 3.8) is 0 Å². The van der Waals surface area contributed by atoms with Gasteiger partial charge >= 0.3 is 5.97 Å². The van der Waals surface area contributed by atoms with Crippen LogP contribution >= 0.6 is 11.3 Å². The Hall–Kier alpha value is -2.07. The summed E-state index contributed by atoms with van der Waals surface area (Å²) in [5.74, 6) is -0.918. The van der Waals surface area contributed by atoms with E-state index in [-0.39, 0.29) is 0 Å². The summed E-state index contributed by atoms with van der Waals surface area (Å²) < 4.78 is 0. The van der Waals surface area contributed by atoms with Crippen molar-refractivity contribution in [3.05, 3.63) is 57.8 Å². The number of anilines is 1. The second kappa shape index (κ2) is 7.09. The third kappa shape index (κ3) is 4.46. The summed E-state index contributed by atoms with van der Waals surface area (Å²) in [6, 6.07) is 12.6. The molecule has 4 heteroatoms. The summed E-state index contributed by atoms with van der Waals surface area (Å²) in [4.78, 5) is 14.9. The molecule has 0 aliphatic carbocycles. The highest BCUT2D eigenvalue weighted by atomic mass is 32.1. The van der Waals surface area contributed by atoms with Crippen molar-refractivity contribution in [1.82, 2.24) is 0 Å². The van der Waals surface area contributed by atoms with Crippen molar-refractivity contribution >= 4 is 29.1 Å². The van der Waals surface area contributed by atoms with Gasteiger partial charge in [0.2, 0.25) is 0 Å². The minimum absolute atomic E-state index is 0.817. The van der Waals surface area contributed by atoms with Crippen LogP contribution in [0.1, 0.15) is 22.2 Å². The van der Waals surface area contributed by atoms with Crippen LogP contribution in [0.5, 0.6) is 0 Å². The number of carbonyl (C=O) groups is 1. The van der Waals surface area contributed by atoms with Crippen LogP contribution in [-0.4, -0.2) is 18.1 Å². The molecule has 2 aromatic rings. The topological polar surface area (TPSA) is 40.5 Å². The van der Waals surface area contributed by atoms with E-state index < -0.39 is 5.97 Å². The van der Waals surface area contributed by atoms with Gasteiger partial charge in [0.1, 0.15) is 0 Å². The molecule has 110 valence electrons. The van der Waals surface area contributed by atoms with E-state index in [0.717, 1.165) is 17.8 Å². The molecule has 0 fully saturated rings. The fourth-order valence-corrected chi connectivity index (χ4v) is 3.00. The fourth-order valence-electron chi connectivity index (χ4n) is 2.03. The molecule has 1 heterocycles. The van der Waals surface area contributed by atoms with E-state index >= 15 is 0 Å². The summed E-state index contributed by atoms with van der Waals surface area (Å²) in [6.07, 6.45) is 3.85. The molecule has 0 amide bonds. The molecule has 0 saturated carbocycles. The molecule has 0 atom stereocenters.